The zero-order valence-electron chi connectivity index (χ0n) is 53.2. The second-order valence-electron chi connectivity index (χ2n) is 23.7. The van der Waals surface area contributed by atoms with Crippen molar-refractivity contribution in [3.05, 3.63) is 189 Å². The Kier molecular flexibility index (Phi) is 39.0. The molecule has 0 aliphatic heterocycles. The SMILES string of the molecule is C.CC(C)/C(N)=C/Cc1ccc(CC(N)C(=O)O)cc1.CC(C)=CCC(N)c1ccc(CC(N)C(=O)O)cc1.CC(C)CC(N)c1ccc(CC(N)C(=O)O)cc1.CC(C)CCC(N)c1ccc(CC(N)C(=O)O)cc1.Nc1cccc(CC(N)C(=O)O)c1N. The molecule has 5 aromatic rings. The van der Waals surface area contributed by atoms with Crippen molar-refractivity contribution >= 4 is 41.2 Å². The predicted octanol–water partition coefficient (Wildman–Crippen LogP) is 7.88. The molecule has 0 aliphatic rings. The first-order chi connectivity index (χ1) is 41.6. The average Bonchev–Trinajstić information content (AvgIpc) is 3.09. The molecule has 90 heavy (non-hydrogen) atoms. The van der Waals surface area contributed by atoms with Gasteiger partial charge in [-0.2, -0.15) is 0 Å². The topological polar surface area (TPSA) is 473 Å². The Bertz CT molecular complexity index is 2970. The summed E-state index contributed by atoms with van der Waals surface area (Å²) in [5.74, 6) is -3.40. The van der Waals surface area contributed by atoms with Crippen molar-refractivity contribution in [2.24, 2.45) is 69.4 Å². The van der Waals surface area contributed by atoms with Gasteiger partial charge >= 0.3 is 29.8 Å². The van der Waals surface area contributed by atoms with E-state index in [1.807, 2.05) is 117 Å². The van der Waals surface area contributed by atoms with Crippen LogP contribution < -0.4 is 63.1 Å². The number of para-hydroxylation sites is 1. The van der Waals surface area contributed by atoms with Crippen molar-refractivity contribution in [1.29, 1.82) is 0 Å². The lowest BCUT2D eigenvalue weighted by Gasteiger charge is -2.15. The van der Waals surface area contributed by atoms with Crippen molar-refractivity contribution in [2.45, 2.75) is 175 Å². The van der Waals surface area contributed by atoms with Gasteiger partial charge in [-0.1, -0.05) is 176 Å². The van der Waals surface area contributed by atoms with E-state index in [-0.39, 0.29) is 32.0 Å². The molecule has 498 valence electrons. The lowest BCUT2D eigenvalue weighted by atomic mass is 9.96. The van der Waals surface area contributed by atoms with Crippen LogP contribution in [0, 0.1) is 17.8 Å². The number of carboxylic acids is 5. The van der Waals surface area contributed by atoms with Gasteiger partial charge in [-0.15, -0.1) is 0 Å². The van der Waals surface area contributed by atoms with Gasteiger partial charge in [-0.05, 0) is 146 Å². The first-order valence-corrected chi connectivity index (χ1v) is 29.9. The second kappa shape index (κ2) is 42.9. The molecule has 0 heterocycles. The van der Waals surface area contributed by atoms with Gasteiger partial charge < -0.3 is 88.6 Å². The number of carbonyl (C=O) groups is 5. The van der Waals surface area contributed by atoms with Gasteiger partial charge in [0, 0.05) is 30.2 Å². The van der Waals surface area contributed by atoms with E-state index in [1.54, 1.807) is 18.2 Å². The van der Waals surface area contributed by atoms with E-state index < -0.39 is 60.1 Å². The predicted molar refractivity (Wildman–Crippen MR) is 364 cm³/mol. The highest BCUT2D eigenvalue weighted by Crippen LogP contribution is 2.23. The van der Waals surface area contributed by atoms with Gasteiger partial charge in [0.1, 0.15) is 30.2 Å². The van der Waals surface area contributed by atoms with Gasteiger partial charge in [0.15, 0.2) is 0 Å². The molecule has 8 unspecified atom stereocenters. The minimum absolute atomic E-state index is 0. The summed E-state index contributed by atoms with van der Waals surface area (Å²) in [7, 11) is 0. The molecule has 5 aromatic carbocycles. The quantitative estimate of drug-likeness (QED) is 0.0167. The summed E-state index contributed by atoms with van der Waals surface area (Å²) in [6, 6.07) is 31.7. The number of hydrogen-bond donors (Lipinski definition) is 16. The molecule has 21 nitrogen and oxygen atoms in total. The highest BCUT2D eigenvalue weighted by Gasteiger charge is 2.18. The third-order valence-electron chi connectivity index (χ3n) is 14.1. The second-order valence-corrected chi connectivity index (χ2v) is 23.7. The van der Waals surface area contributed by atoms with Crippen LogP contribution in [0.2, 0.25) is 0 Å². The number of rotatable bonds is 28. The lowest BCUT2D eigenvalue weighted by Crippen LogP contribution is -2.32. The van der Waals surface area contributed by atoms with Crippen LogP contribution in [0.1, 0.15) is 157 Å². The van der Waals surface area contributed by atoms with Crippen LogP contribution in [-0.2, 0) is 62.5 Å². The molecule has 0 saturated carbocycles. The third kappa shape index (κ3) is 34.1. The minimum atomic E-state index is -1.05. The van der Waals surface area contributed by atoms with E-state index in [4.69, 9.17) is 88.6 Å². The maximum atomic E-state index is 10.7. The van der Waals surface area contributed by atoms with E-state index in [0.29, 0.717) is 60.4 Å². The molecule has 0 spiro atoms. The van der Waals surface area contributed by atoms with Crippen molar-refractivity contribution in [2.75, 3.05) is 11.5 Å². The molecule has 0 amide bonds. The molecule has 0 saturated heterocycles. The Balaban J connectivity index is 0.00000110. The summed E-state index contributed by atoms with van der Waals surface area (Å²) < 4.78 is 0. The Hall–Kier alpha value is -7.99. The minimum Gasteiger partial charge on any atom is -0.480 e. The highest BCUT2D eigenvalue weighted by molar-refractivity contribution is 5.76. The number of aliphatic carboxylic acids is 5. The number of carboxylic acid groups (broad SMARTS) is 5. The summed E-state index contributed by atoms with van der Waals surface area (Å²) in [5, 5.41) is 43.6. The van der Waals surface area contributed by atoms with E-state index in [1.165, 1.54) is 5.57 Å². The maximum absolute atomic E-state index is 10.7. The van der Waals surface area contributed by atoms with Crippen LogP contribution >= 0.6 is 0 Å². The maximum Gasteiger partial charge on any atom is 0.320 e. The van der Waals surface area contributed by atoms with Crippen molar-refractivity contribution in [1.82, 2.24) is 0 Å². The monoisotopic (exact) mass is 1250 g/mol. The number of allylic oxidation sites excluding steroid dienone is 3. The number of anilines is 2. The first-order valence-electron chi connectivity index (χ1n) is 29.9. The van der Waals surface area contributed by atoms with Crippen LogP contribution in [0.5, 0.6) is 0 Å². The van der Waals surface area contributed by atoms with Gasteiger partial charge in [0.05, 0.1) is 11.4 Å². The zero-order valence-corrected chi connectivity index (χ0v) is 53.2. The van der Waals surface area contributed by atoms with Crippen LogP contribution in [0.4, 0.5) is 11.4 Å². The smallest absolute Gasteiger partial charge is 0.320 e. The summed E-state index contributed by atoms with van der Waals surface area (Å²) in [5.41, 5.74) is 74.4. The number of hydrogen-bond acceptors (Lipinski definition) is 16. The van der Waals surface area contributed by atoms with E-state index >= 15 is 0 Å². The van der Waals surface area contributed by atoms with Crippen molar-refractivity contribution in [3.8, 4) is 0 Å². The summed E-state index contributed by atoms with van der Waals surface area (Å²) in [6.45, 7) is 16.9. The number of nitrogen functional groups attached to an aromatic ring is 2. The first kappa shape index (κ1) is 82.0. The molecule has 27 N–H and O–H groups in total. The fourth-order valence-corrected chi connectivity index (χ4v) is 8.31. The Morgan fingerprint density at radius 2 is 0.756 bits per heavy atom. The highest BCUT2D eigenvalue weighted by atomic mass is 16.4. The largest absolute Gasteiger partial charge is 0.480 e. The molecule has 0 aliphatic carbocycles. The van der Waals surface area contributed by atoms with E-state index in [2.05, 4.69) is 47.6 Å². The fraction of sp³-hybridized carbons (Fsp3) is 0.435. The average molecular weight is 1250 g/mol. The molecule has 21 heteroatoms. The Labute approximate surface area is 533 Å². The molecule has 0 radical (unpaired) electrons. The molecule has 0 aromatic heterocycles. The molecule has 0 bridgehead atoms. The standard InChI is InChI=1S/C15H24N2O2.2C15H22N2O2.C14H22N2O2.C9H13N3O2.CH4/c2*1-10(2)3-8-13(16)12-6-4-11(5-7-12)9-14(17)15(18)19;1-10(2)13(16)8-7-11-3-5-12(6-4-11)9-14(17)15(18)19;1-9(2)7-12(15)11-5-3-10(4-6-11)8-13(16)14(17)18;10-6-3-1-2-5(8(6)12)4-7(11)9(13)14;/h4-7,10,13-14H,3,8-9,16-17H2,1-2H3,(H,18,19);3-7,13-14H,8-9,16-17H2,1-2H3,(H,18,19);3-6,8,10,14H,7,9,16-17H2,1-2H3,(H,18,19);3-6,9,12-13H,7-8,15-16H2,1-2H3,(H,17,18);1-3,7H,4,10-12H2,(H,13,14);1H4/b;;13-8-;;;. The van der Waals surface area contributed by atoms with E-state index in [0.717, 1.165) is 82.3 Å². The number of nitrogens with two attached hydrogens (primary N) is 11. The zero-order chi connectivity index (χ0) is 67.7. The van der Waals surface area contributed by atoms with Crippen LogP contribution in [0.25, 0.3) is 0 Å². The lowest BCUT2D eigenvalue weighted by molar-refractivity contribution is -0.139. The van der Waals surface area contributed by atoms with Crippen molar-refractivity contribution < 1.29 is 49.5 Å². The van der Waals surface area contributed by atoms with Gasteiger partial charge in [0.2, 0.25) is 0 Å². The molecular weight excluding hydrogens is 1140 g/mol. The van der Waals surface area contributed by atoms with Crippen molar-refractivity contribution in [3.63, 3.8) is 0 Å². The molecule has 5 rings (SSSR count). The fourth-order valence-electron chi connectivity index (χ4n) is 8.31. The summed E-state index contributed by atoms with van der Waals surface area (Å²) >= 11 is 0. The Morgan fingerprint density at radius 1 is 0.422 bits per heavy atom. The molecule has 0 fully saturated rings. The van der Waals surface area contributed by atoms with Crippen LogP contribution in [0.3, 0.4) is 0 Å². The Morgan fingerprint density at radius 3 is 1.09 bits per heavy atom. The normalized spacial score (nSPS) is 13.6. The summed E-state index contributed by atoms with van der Waals surface area (Å²) in [4.78, 5) is 53.2. The molecule has 8 atom stereocenters. The third-order valence-corrected chi connectivity index (χ3v) is 14.1. The van der Waals surface area contributed by atoms with Crippen LogP contribution in [0.15, 0.2) is 139 Å². The molecular formula is C69H107N11O10. The summed E-state index contributed by atoms with van der Waals surface area (Å²) in [6.07, 6.45) is 10.3. The van der Waals surface area contributed by atoms with Gasteiger partial charge in [0.25, 0.3) is 0 Å². The van der Waals surface area contributed by atoms with Crippen LogP contribution in [-0.4, -0.2) is 85.6 Å². The van der Waals surface area contributed by atoms with Gasteiger partial charge in [-0.25, -0.2) is 0 Å². The van der Waals surface area contributed by atoms with Gasteiger partial charge in [-0.3, -0.25) is 24.0 Å². The number of benzene rings is 5. The van der Waals surface area contributed by atoms with E-state index in [9.17, 15) is 24.0 Å².